The molecule has 0 saturated carbocycles. The van der Waals surface area contributed by atoms with E-state index >= 15 is 0 Å². The highest BCUT2D eigenvalue weighted by atomic mass is 16.3. The summed E-state index contributed by atoms with van der Waals surface area (Å²) in [6.45, 7) is 6.71. The van der Waals surface area contributed by atoms with Gasteiger partial charge in [0.15, 0.2) is 5.58 Å². The Balaban J connectivity index is 1.19. The molecule has 56 heavy (non-hydrogen) atoms. The number of furan rings is 1. The number of aryl methyl sites for hydroxylation is 3. The zero-order valence-electron chi connectivity index (χ0n) is 31.9. The average molecular weight is 721 g/mol. The maximum atomic E-state index is 6.84. The zero-order chi connectivity index (χ0) is 37.2. The van der Waals surface area contributed by atoms with Crippen molar-refractivity contribution >= 4 is 99.4 Å². The molecule has 10 aromatic rings. The first-order valence-electron chi connectivity index (χ1n) is 20.0. The van der Waals surface area contributed by atoms with Crippen LogP contribution >= 0.6 is 0 Å². The van der Waals surface area contributed by atoms with Crippen LogP contribution in [-0.2, 0) is 6.42 Å². The third-order valence-electron chi connectivity index (χ3n) is 12.8. The van der Waals surface area contributed by atoms with Crippen molar-refractivity contribution in [3.8, 4) is 0 Å². The topological polar surface area (TPSA) is 20.8 Å². The van der Waals surface area contributed by atoms with Gasteiger partial charge in [-0.3, -0.25) is 0 Å². The number of fused-ring (bicyclic) bond motifs is 13. The van der Waals surface area contributed by atoms with Crippen LogP contribution in [0.1, 0.15) is 54.1 Å². The van der Waals surface area contributed by atoms with Crippen molar-refractivity contribution in [1.29, 1.82) is 0 Å². The van der Waals surface area contributed by atoms with Crippen LogP contribution in [0.25, 0.3) is 82.3 Å². The molecule has 2 aliphatic rings. The molecule has 12 rings (SSSR count). The van der Waals surface area contributed by atoms with E-state index in [-0.39, 0.29) is 0 Å². The molecule has 0 unspecified atom stereocenters. The summed E-state index contributed by atoms with van der Waals surface area (Å²) in [5.74, 6) is 0. The first kappa shape index (κ1) is 31.7. The summed E-state index contributed by atoms with van der Waals surface area (Å²) >= 11 is 0. The third kappa shape index (κ3) is 4.34. The summed E-state index contributed by atoms with van der Waals surface area (Å²) in [6.07, 6.45) is 13.7. The van der Waals surface area contributed by atoms with E-state index in [1.807, 2.05) is 0 Å². The van der Waals surface area contributed by atoms with Gasteiger partial charge in [-0.05, 0) is 139 Å². The molecular weight excluding hydrogens is 681 g/mol. The molecule has 3 heterocycles. The second-order valence-electron chi connectivity index (χ2n) is 16.1. The monoisotopic (exact) mass is 720 g/mol. The highest BCUT2D eigenvalue weighted by Crippen LogP contribution is 2.49. The molecule has 268 valence electrons. The maximum absolute atomic E-state index is 6.84. The van der Waals surface area contributed by atoms with Crippen molar-refractivity contribution in [2.24, 2.45) is 0 Å². The lowest BCUT2D eigenvalue weighted by Gasteiger charge is -2.30. The van der Waals surface area contributed by atoms with Gasteiger partial charge in [-0.1, -0.05) is 96.1 Å². The summed E-state index contributed by atoms with van der Waals surface area (Å²) in [6, 6.07) is 43.1. The van der Waals surface area contributed by atoms with Crippen molar-refractivity contribution < 1.29 is 4.42 Å². The molecule has 0 radical (unpaired) electrons. The maximum Gasteiger partial charge on any atom is 0.159 e. The number of benzene rings is 7. The van der Waals surface area contributed by atoms with Crippen LogP contribution in [0.5, 0.6) is 0 Å². The first-order chi connectivity index (χ1) is 27.5. The van der Waals surface area contributed by atoms with Crippen LogP contribution in [0.15, 0.2) is 143 Å². The van der Waals surface area contributed by atoms with E-state index in [1.54, 1.807) is 0 Å². The van der Waals surface area contributed by atoms with E-state index < -0.39 is 0 Å². The molecule has 0 atom stereocenters. The predicted molar refractivity (Wildman–Crippen MR) is 238 cm³/mol. The third-order valence-corrected chi connectivity index (χ3v) is 12.8. The van der Waals surface area contributed by atoms with E-state index in [4.69, 9.17) is 4.42 Å². The Labute approximate surface area is 325 Å². The Morgan fingerprint density at radius 3 is 2.36 bits per heavy atom. The number of para-hydroxylation sites is 2. The molecule has 3 aromatic heterocycles. The fraction of sp³-hybridized carbons (Fsp3) is 0.132. The Morgan fingerprint density at radius 1 is 0.607 bits per heavy atom. The van der Waals surface area contributed by atoms with E-state index in [0.717, 1.165) is 64.7 Å². The molecule has 0 aliphatic heterocycles. The number of allylic oxidation sites excluding steroid dienone is 5. The fourth-order valence-electron chi connectivity index (χ4n) is 10.2. The number of rotatable bonds is 4. The van der Waals surface area contributed by atoms with Crippen LogP contribution in [0, 0.1) is 13.8 Å². The Kier molecular flexibility index (Phi) is 6.64. The zero-order valence-corrected chi connectivity index (χ0v) is 31.9. The lowest BCUT2D eigenvalue weighted by atomic mass is 9.89. The van der Waals surface area contributed by atoms with Gasteiger partial charge in [0.1, 0.15) is 5.58 Å². The number of anilines is 3. The second kappa shape index (κ2) is 11.7. The van der Waals surface area contributed by atoms with Crippen molar-refractivity contribution in [3.63, 3.8) is 0 Å². The fourth-order valence-corrected chi connectivity index (χ4v) is 10.2. The van der Waals surface area contributed by atoms with Gasteiger partial charge in [0.05, 0.1) is 22.4 Å². The van der Waals surface area contributed by atoms with Gasteiger partial charge < -0.3 is 13.7 Å². The Hall–Kier alpha value is -6.58. The van der Waals surface area contributed by atoms with Crippen LogP contribution in [0.3, 0.4) is 0 Å². The molecular formula is C53H40N2O. The van der Waals surface area contributed by atoms with Crippen molar-refractivity contribution in [2.45, 2.75) is 46.5 Å². The molecule has 0 N–H and O–H groups in total. The molecule has 3 heteroatoms. The van der Waals surface area contributed by atoms with Gasteiger partial charge in [0, 0.05) is 43.9 Å². The van der Waals surface area contributed by atoms with Gasteiger partial charge in [-0.25, -0.2) is 0 Å². The predicted octanol–water partition coefficient (Wildman–Crippen LogP) is 15.1. The molecule has 0 amide bonds. The molecule has 0 fully saturated rings. The lowest BCUT2D eigenvalue weighted by molar-refractivity contribution is 0.669. The summed E-state index contributed by atoms with van der Waals surface area (Å²) < 4.78 is 9.37. The van der Waals surface area contributed by atoms with Gasteiger partial charge in [0.25, 0.3) is 0 Å². The summed E-state index contributed by atoms with van der Waals surface area (Å²) in [4.78, 5) is 2.47. The van der Waals surface area contributed by atoms with Crippen LogP contribution < -0.4 is 4.90 Å². The molecule has 7 aromatic carbocycles. The highest BCUT2D eigenvalue weighted by molar-refractivity contribution is 6.28. The van der Waals surface area contributed by atoms with Crippen molar-refractivity contribution in [2.75, 3.05) is 4.90 Å². The average Bonchev–Trinajstić information content (AvgIpc) is 3.88. The SMILES string of the molecule is CC1=C(c2c(C)cccc2N(c2ccc3ccc4c(cc5c6ccccc6n6c7c(c4c56)CCC=C7)c3c2)c2cccc3c2oc2ccc(C)cc23)C=CCC1. The molecule has 0 bridgehead atoms. The number of aromatic nitrogens is 1. The van der Waals surface area contributed by atoms with Crippen molar-refractivity contribution in [1.82, 2.24) is 4.40 Å². The summed E-state index contributed by atoms with van der Waals surface area (Å²) in [5.41, 5.74) is 17.1. The summed E-state index contributed by atoms with van der Waals surface area (Å²) in [5, 5.41) is 11.5. The lowest BCUT2D eigenvalue weighted by Crippen LogP contribution is -2.13. The number of hydrogen-bond donors (Lipinski definition) is 0. The largest absolute Gasteiger partial charge is 0.454 e. The van der Waals surface area contributed by atoms with E-state index in [9.17, 15) is 0 Å². The summed E-state index contributed by atoms with van der Waals surface area (Å²) in [7, 11) is 0. The van der Waals surface area contributed by atoms with Crippen LogP contribution in [0.2, 0.25) is 0 Å². The second-order valence-corrected chi connectivity index (χ2v) is 16.1. The van der Waals surface area contributed by atoms with Crippen LogP contribution in [-0.4, -0.2) is 4.40 Å². The van der Waals surface area contributed by atoms with Gasteiger partial charge in [-0.2, -0.15) is 0 Å². The van der Waals surface area contributed by atoms with E-state index in [2.05, 4.69) is 170 Å². The Bertz CT molecular complexity index is 3400. The van der Waals surface area contributed by atoms with Gasteiger partial charge in [0.2, 0.25) is 0 Å². The molecule has 2 aliphatic carbocycles. The van der Waals surface area contributed by atoms with Gasteiger partial charge in [-0.15, -0.1) is 0 Å². The van der Waals surface area contributed by atoms with Crippen LogP contribution in [0.4, 0.5) is 17.1 Å². The highest BCUT2D eigenvalue weighted by Gasteiger charge is 2.27. The minimum Gasteiger partial charge on any atom is -0.454 e. The minimum absolute atomic E-state index is 0.899. The number of hydrogen-bond acceptors (Lipinski definition) is 2. The normalized spacial score (nSPS) is 14.6. The first-order valence-corrected chi connectivity index (χ1v) is 20.0. The van der Waals surface area contributed by atoms with E-state index in [0.29, 0.717) is 0 Å². The Morgan fingerprint density at radius 2 is 1.43 bits per heavy atom. The molecule has 0 saturated heterocycles. The van der Waals surface area contributed by atoms with Gasteiger partial charge >= 0.3 is 0 Å². The minimum atomic E-state index is 0.899. The van der Waals surface area contributed by atoms with Crippen molar-refractivity contribution in [3.05, 3.63) is 167 Å². The quantitative estimate of drug-likeness (QED) is 0.169. The smallest absolute Gasteiger partial charge is 0.159 e. The number of nitrogens with zero attached hydrogens (tertiary/aromatic N) is 2. The van der Waals surface area contributed by atoms with E-state index in [1.165, 1.54) is 87.8 Å². The molecule has 3 nitrogen and oxygen atoms in total. The standard InChI is InChI=1S/C53H40N2O/c1-31-22-27-49-43(28-31)39-17-11-21-48(53(39)56-49)54(47-20-10-13-33(3)50(47)36-14-5-4-12-32(36)2)35-25-23-34-24-26-38-42(41(34)29-35)30-44-37-15-6-8-18-45(37)55-46-19-9-7-16-40(46)51(38)52(44)55/h5-6,8-11,13-15,17-30H,4,7,12,16H2,1-3H3. The molecule has 0 spiro atoms.